The van der Waals surface area contributed by atoms with E-state index in [1.165, 1.54) is 32.1 Å². The van der Waals surface area contributed by atoms with Crippen molar-refractivity contribution in [2.24, 2.45) is 11.8 Å². The third-order valence-corrected chi connectivity index (χ3v) is 6.36. The molecule has 0 radical (unpaired) electrons. The van der Waals surface area contributed by atoms with Crippen molar-refractivity contribution in [1.29, 1.82) is 0 Å². The van der Waals surface area contributed by atoms with E-state index >= 15 is 0 Å². The van der Waals surface area contributed by atoms with Gasteiger partial charge in [0.2, 0.25) is 0 Å². The van der Waals surface area contributed by atoms with E-state index in [2.05, 4.69) is 24.1 Å². The van der Waals surface area contributed by atoms with Crippen molar-refractivity contribution in [2.75, 3.05) is 19.6 Å². The number of urea groups is 1. The zero-order valence-electron chi connectivity index (χ0n) is 17.6. The number of imidazole rings is 1. The number of nitrogens with zero attached hydrogens (tertiary/aromatic N) is 4. The molecule has 1 aliphatic heterocycles. The minimum Gasteiger partial charge on any atom is -0.338 e. The van der Waals surface area contributed by atoms with Crippen LogP contribution in [0.5, 0.6) is 0 Å². The molecule has 29 heavy (non-hydrogen) atoms. The van der Waals surface area contributed by atoms with E-state index in [4.69, 9.17) is 0 Å². The summed E-state index contributed by atoms with van der Waals surface area (Å²) in [6.07, 6.45) is 8.78. The van der Waals surface area contributed by atoms with Gasteiger partial charge in [-0.05, 0) is 43.2 Å². The molecule has 0 aromatic carbocycles. The fraction of sp³-hybridized carbons (Fsp3) is 0.682. The maximum absolute atomic E-state index is 13.4. The van der Waals surface area contributed by atoms with Crippen LogP contribution in [0.3, 0.4) is 0 Å². The monoisotopic (exact) mass is 399 g/mol. The van der Waals surface area contributed by atoms with Crippen molar-refractivity contribution >= 4 is 17.2 Å². The fourth-order valence-corrected chi connectivity index (χ4v) is 4.78. The second-order valence-electron chi connectivity index (χ2n) is 9.08. The third-order valence-electron chi connectivity index (χ3n) is 6.36. The molecule has 1 atom stereocenters. The number of pyridine rings is 1. The van der Waals surface area contributed by atoms with Crippen molar-refractivity contribution in [2.45, 2.75) is 65.0 Å². The first kappa shape index (κ1) is 20.0. The maximum atomic E-state index is 13.4. The van der Waals surface area contributed by atoms with E-state index in [9.17, 15) is 9.59 Å². The molecule has 1 saturated carbocycles. The van der Waals surface area contributed by atoms with Crippen LogP contribution in [-0.4, -0.2) is 44.7 Å². The lowest BCUT2D eigenvalue weighted by molar-refractivity contribution is 0.205. The molecule has 2 aromatic heterocycles. The molecular weight excluding hydrogens is 366 g/mol. The SMILES string of the molecule is CC(C)CNC(=O)N1CC[C@@H](n2c(=O)n(CC3CCCCC3)c3cccnc32)C1. The molecule has 2 aliphatic rings. The van der Waals surface area contributed by atoms with Gasteiger partial charge in [-0.3, -0.25) is 9.13 Å². The average molecular weight is 400 g/mol. The van der Waals surface area contributed by atoms with Gasteiger partial charge in [0.25, 0.3) is 0 Å². The summed E-state index contributed by atoms with van der Waals surface area (Å²) in [6, 6.07) is 3.86. The highest BCUT2D eigenvalue weighted by Gasteiger charge is 2.31. The number of carbonyl (C=O) groups is 1. The van der Waals surface area contributed by atoms with E-state index in [0.29, 0.717) is 31.5 Å². The predicted octanol–water partition coefficient (Wildman–Crippen LogP) is 3.39. The van der Waals surface area contributed by atoms with E-state index in [1.54, 1.807) is 6.20 Å². The van der Waals surface area contributed by atoms with Crippen LogP contribution in [0.2, 0.25) is 0 Å². The van der Waals surface area contributed by atoms with E-state index in [0.717, 1.165) is 24.1 Å². The molecule has 0 spiro atoms. The zero-order valence-corrected chi connectivity index (χ0v) is 17.6. The van der Waals surface area contributed by atoms with Gasteiger partial charge < -0.3 is 10.2 Å². The fourth-order valence-electron chi connectivity index (χ4n) is 4.78. The summed E-state index contributed by atoms with van der Waals surface area (Å²) in [7, 11) is 0. The Balaban J connectivity index is 1.57. The predicted molar refractivity (Wildman–Crippen MR) is 114 cm³/mol. The standard InChI is InChI=1S/C22H33N5O2/c1-16(2)13-24-21(28)25-12-10-18(15-25)27-20-19(9-6-11-23-20)26(22(27)29)14-17-7-4-3-5-8-17/h6,9,11,16-18H,3-5,7-8,10,12-15H2,1-2H3,(H,24,28)/t18-/m1/s1. The van der Waals surface area contributed by atoms with Crippen LogP contribution >= 0.6 is 0 Å². The number of aromatic nitrogens is 3. The molecule has 158 valence electrons. The Kier molecular flexibility index (Phi) is 5.92. The first-order valence-electron chi connectivity index (χ1n) is 11.1. The smallest absolute Gasteiger partial charge is 0.330 e. The maximum Gasteiger partial charge on any atom is 0.330 e. The first-order valence-corrected chi connectivity index (χ1v) is 11.1. The molecule has 0 bridgehead atoms. The van der Waals surface area contributed by atoms with Crippen LogP contribution < -0.4 is 11.0 Å². The van der Waals surface area contributed by atoms with Crippen LogP contribution in [0.1, 0.15) is 58.4 Å². The van der Waals surface area contributed by atoms with E-state index < -0.39 is 0 Å². The molecule has 7 nitrogen and oxygen atoms in total. The van der Waals surface area contributed by atoms with Crippen LogP contribution in [-0.2, 0) is 6.54 Å². The highest BCUT2D eigenvalue weighted by molar-refractivity contribution is 5.75. The van der Waals surface area contributed by atoms with E-state index in [1.807, 2.05) is 26.2 Å². The molecular formula is C22H33N5O2. The summed E-state index contributed by atoms with van der Waals surface area (Å²) >= 11 is 0. The molecule has 3 heterocycles. The van der Waals surface area contributed by atoms with Crippen molar-refractivity contribution in [3.8, 4) is 0 Å². The molecule has 0 unspecified atom stereocenters. The highest BCUT2D eigenvalue weighted by atomic mass is 16.2. The molecule has 4 rings (SSSR count). The Morgan fingerprint density at radius 1 is 1.24 bits per heavy atom. The van der Waals surface area contributed by atoms with Gasteiger partial charge in [-0.15, -0.1) is 0 Å². The minimum absolute atomic E-state index is 0.0164. The zero-order chi connectivity index (χ0) is 20.4. The average Bonchev–Trinajstić information content (AvgIpc) is 3.30. The highest BCUT2D eigenvalue weighted by Crippen LogP contribution is 2.28. The molecule has 2 fully saturated rings. The molecule has 2 aromatic rings. The van der Waals surface area contributed by atoms with Crippen molar-refractivity contribution < 1.29 is 4.79 Å². The molecule has 2 amide bonds. The first-order chi connectivity index (χ1) is 14.0. The van der Waals surface area contributed by atoms with Crippen molar-refractivity contribution in [3.63, 3.8) is 0 Å². The lowest BCUT2D eigenvalue weighted by Crippen LogP contribution is -2.40. The minimum atomic E-state index is -0.0341. The number of hydrogen-bond acceptors (Lipinski definition) is 3. The van der Waals surface area contributed by atoms with Crippen LogP contribution in [0.15, 0.2) is 23.1 Å². The second-order valence-corrected chi connectivity index (χ2v) is 9.08. The summed E-state index contributed by atoms with van der Waals surface area (Å²) < 4.78 is 3.77. The molecule has 1 aliphatic carbocycles. The number of fused-ring (bicyclic) bond motifs is 1. The molecule has 1 saturated heterocycles. The molecule has 1 N–H and O–H groups in total. The number of nitrogens with one attached hydrogen (secondary N) is 1. The summed E-state index contributed by atoms with van der Waals surface area (Å²) in [5, 5.41) is 2.99. The van der Waals surface area contributed by atoms with Gasteiger partial charge in [0, 0.05) is 32.4 Å². The van der Waals surface area contributed by atoms with Crippen LogP contribution in [0, 0.1) is 11.8 Å². The largest absolute Gasteiger partial charge is 0.338 e. The lowest BCUT2D eigenvalue weighted by atomic mass is 9.89. The topological polar surface area (TPSA) is 72.2 Å². The van der Waals surface area contributed by atoms with Gasteiger partial charge in [0.15, 0.2) is 5.65 Å². The number of amides is 2. The Hall–Kier alpha value is -2.31. The third kappa shape index (κ3) is 4.19. The number of likely N-dealkylation sites (tertiary alicyclic amines) is 1. The Labute approximate surface area is 172 Å². The van der Waals surface area contributed by atoms with E-state index in [-0.39, 0.29) is 17.8 Å². The Bertz CT molecular complexity index is 910. The quantitative estimate of drug-likeness (QED) is 0.838. The lowest BCUT2D eigenvalue weighted by Gasteiger charge is -2.21. The van der Waals surface area contributed by atoms with Crippen LogP contribution in [0.4, 0.5) is 4.79 Å². The van der Waals surface area contributed by atoms with Gasteiger partial charge in [-0.2, -0.15) is 0 Å². The van der Waals surface area contributed by atoms with Crippen molar-refractivity contribution in [1.82, 2.24) is 24.3 Å². The van der Waals surface area contributed by atoms with Gasteiger partial charge in [0.1, 0.15) is 0 Å². The number of carbonyl (C=O) groups excluding carboxylic acids is 1. The van der Waals surface area contributed by atoms with Gasteiger partial charge in [-0.1, -0.05) is 33.1 Å². The van der Waals surface area contributed by atoms with Crippen molar-refractivity contribution in [3.05, 3.63) is 28.8 Å². The molecule has 7 heteroatoms. The number of rotatable bonds is 5. The van der Waals surface area contributed by atoms with Gasteiger partial charge in [0.05, 0.1) is 11.6 Å². The second kappa shape index (κ2) is 8.59. The number of hydrogen-bond donors (Lipinski definition) is 1. The summed E-state index contributed by atoms with van der Waals surface area (Å²) in [5.41, 5.74) is 1.70. The normalized spacial score (nSPS) is 20.7. The van der Waals surface area contributed by atoms with Gasteiger partial charge in [-0.25, -0.2) is 14.6 Å². The van der Waals surface area contributed by atoms with Gasteiger partial charge >= 0.3 is 11.7 Å². The summed E-state index contributed by atoms with van der Waals surface area (Å²) in [4.78, 5) is 32.2. The Morgan fingerprint density at radius 3 is 2.79 bits per heavy atom. The summed E-state index contributed by atoms with van der Waals surface area (Å²) in [6.45, 7) is 6.84. The Morgan fingerprint density at radius 2 is 2.03 bits per heavy atom. The summed E-state index contributed by atoms with van der Waals surface area (Å²) in [5.74, 6) is 0.990. The van der Waals surface area contributed by atoms with Crippen LogP contribution in [0.25, 0.3) is 11.2 Å².